The number of rotatable bonds is 3. The summed E-state index contributed by atoms with van der Waals surface area (Å²) in [4.78, 5) is 4.39. The second-order valence-electron chi connectivity index (χ2n) is 4.42. The van der Waals surface area contributed by atoms with Gasteiger partial charge in [0.1, 0.15) is 0 Å². The van der Waals surface area contributed by atoms with Crippen LogP contribution >= 0.6 is 15.9 Å². The van der Waals surface area contributed by atoms with E-state index in [1.165, 1.54) is 0 Å². The predicted molar refractivity (Wildman–Crippen MR) is 78.9 cm³/mol. The second kappa shape index (κ2) is 5.15. The molecule has 3 aromatic rings. The minimum atomic E-state index is 0.0673. The smallest absolute Gasteiger partial charge is 0.0688 e. The van der Waals surface area contributed by atoms with Gasteiger partial charge in [-0.25, -0.2) is 0 Å². The Labute approximate surface area is 119 Å². The fraction of sp³-hybridized carbons (Fsp3) is 0.133. The van der Waals surface area contributed by atoms with Crippen molar-refractivity contribution < 1.29 is 5.11 Å². The van der Waals surface area contributed by atoms with E-state index in [4.69, 9.17) is 0 Å². The zero-order chi connectivity index (χ0) is 13.2. The van der Waals surface area contributed by atoms with E-state index in [9.17, 15) is 5.11 Å². The van der Waals surface area contributed by atoms with Crippen molar-refractivity contribution in [3.8, 4) is 0 Å². The molecular weight excluding hydrogens is 304 g/mol. The van der Waals surface area contributed by atoms with Crippen LogP contribution in [0.2, 0.25) is 0 Å². The SMILES string of the molecule is OCc1cccc2c1ccn2Cc1ccc(Br)cn1. The van der Waals surface area contributed by atoms with Crippen molar-refractivity contribution in [2.24, 2.45) is 0 Å². The number of nitrogens with zero attached hydrogens (tertiary/aromatic N) is 2. The summed E-state index contributed by atoms with van der Waals surface area (Å²) in [6, 6.07) is 12.0. The molecule has 0 saturated heterocycles. The van der Waals surface area contributed by atoms with Gasteiger partial charge in [0.15, 0.2) is 0 Å². The molecule has 0 bridgehead atoms. The molecule has 4 heteroatoms. The van der Waals surface area contributed by atoms with E-state index in [1.54, 1.807) is 6.20 Å². The summed E-state index contributed by atoms with van der Waals surface area (Å²) < 4.78 is 3.13. The van der Waals surface area contributed by atoms with Gasteiger partial charge in [-0.15, -0.1) is 0 Å². The number of pyridine rings is 1. The Hall–Kier alpha value is -1.65. The van der Waals surface area contributed by atoms with Crippen LogP contribution in [0.5, 0.6) is 0 Å². The lowest BCUT2D eigenvalue weighted by molar-refractivity contribution is 0.283. The molecule has 0 amide bonds. The summed E-state index contributed by atoms with van der Waals surface area (Å²) in [5.74, 6) is 0. The summed E-state index contributed by atoms with van der Waals surface area (Å²) in [5.41, 5.74) is 3.09. The van der Waals surface area contributed by atoms with Gasteiger partial charge < -0.3 is 9.67 Å². The first kappa shape index (κ1) is 12.4. The molecule has 19 heavy (non-hydrogen) atoms. The van der Waals surface area contributed by atoms with Crippen LogP contribution in [-0.2, 0) is 13.2 Å². The Morgan fingerprint density at radius 1 is 1.16 bits per heavy atom. The van der Waals surface area contributed by atoms with Gasteiger partial charge in [-0.2, -0.15) is 0 Å². The van der Waals surface area contributed by atoms with Gasteiger partial charge in [-0.3, -0.25) is 4.98 Å². The molecule has 3 nitrogen and oxygen atoms in total. The van der Waals surface area contributed by atoms with Crippen LogP contribution in [0.3, 0.4) is 0 Å². The van der Waals surface area contributed by atoms with Crippen molar-refractivity contribution in [1.82, 2.24) is 9.55 Å². The topological polar surface area (TPSA) is 38.0 Å². The van der Waals surface area contributed by atoms with E-state index in [2.05, 4.69) is 31.5 Å². The summed E-state index contributed by atoms with van der Waals surface area (Å²) in [7, 11) is 0. The molecule has 0 aliphatic rings. The van der Waals surface area contributed by atoms with Gasteiger partial charge in [0.05, 0.1) is 18.8 Å². The molecule has 2 heterocycles. The highest BCUT2D eigenvalue weighted by molar-refractivity contribution is 9.10. The molecule has 0 atom stereocenters. The standard InChI is InChI=1S/C15H13BrN2O/c16-12-4-5-13(17-8-12)9-18-7-6-14-11(10-19)2-1-3-15(14)18/h1-8,19H,9-10H2. The summed E-state index contributed by atoms with van der Waals surface area (Å²) in [5, 5.41) is 10.4. The lowest BCUT2D eigenvalue weighted by Crippen LogP contribution is -2.00. The van der Waals surface area contributed by atoms with Gasteiger partial charge in [-0.1, -0.05) is 12.1 Å². The van der Waals surface area contributed by atoms with Gasteiger partial charge >= 0.3 is 0 Å². The fourth-order valence-corrected chi connectivity index (χ4v) is 2.47. The normalized spacial score (nSPS) is 11.1. The molecule has 0 aliphatic heterocycles. The number of hydrogen-bond acceptors (Lipinski definition) is 2. The van der Waals surface area contributed by atoms with Crippen LogP contribution in [0.25, 0.3) is 10.9 Å². The minimum Gasteiger partial charge on any atom is -0.392 e. The monoisotopic (exact) mass is 316 g/mol. The van der Waals surface area contributed by atoms with Crippen LogP contribution < -0.4 is 0 Å². The Balaban J connectivity index is 1.99. The maximum atomic E-state index is 9.34. The number of aliphatic hydroxyl groups is 1. The van der Waals surface area contributed by atoms with E-state index < -0.39 is 0 Å². The van der Waals surface area contributed by atoms with Crippen LogP contribution in [0.15, 0.2) is 53.3 Å². The van der Waals surface area contributed by atoms with Gasteiger partial charge in [0, 0.05) is 27.8 Å². The molecule has 0 fully saturated rings. The number of fused-ring (bicyclic) bond motifs is 1. The third-order valence-corrected chi connectivity index (χ3v) is 3.66. The van der Waals surface area contributed by atoms with E-state index >= 15 is 0 Å². The van der Waals surface area contributed by atoms with Crippen molar-refractivity contribution in [2.75, 3.05) is 0 Å². The number of aliphatic hydroxyl groups excluding tert-OH is 1. The summed E-state index contributed by atoms with van der Waals surface area (Å²) >= 11 is 3.38. The third-order valence-electron chi connectivity index (χ3n) is 3.20. The molecule has 96 valence electrons. The first-order valence-corrected chi connectivity index (χ1v) is 6.85. The van der Waals surface area contributed by atoms with E-state index in [-0.39, 0.29) is 6.61 Å². The van der Waals surface area contributed by atoms with Crippen molar-refractivity contribution >= 4 is 26.8 Å². The van der Waals surface area contributed by atoms with Gasteiger partial charge in [0.25, 0.3) is 0 Å². The van der Waals surface area contributed by atoms with Crippen molar-refractivity contribution in [3.05, 3.63) is 64.5 Å². The lowest BCUT2D eigenvalue weighted by Gasteiger charge is -2.06. The molecule has 1 N–H and O–H groups in total. The highest BCUT2D eigenvalue weighted by atomic mass is 79.9. The van der Waals surface area contributed by atoms with E-state index in [0.717, 1.165) is 33.2 Å². The Morgan fingerprint density at radius 2 is 2.05 bits per heavy atom. The highest BCUT2D eigenvalue weighted by Crippen LogP contribution is 2.21. The molecule has 0 saturated carbocycles. The van der Waals surface area contributed by atoms with E-state index in [1.807, 2.05) is 36.5 Å². The molecule has 3 rings (SSSR count). The maximum absolute atomic E-state index is 9.34. The number of halogens is 1. The predicted octanol–water partition coefficient (Wildman–Crippen LogP) is 3.34. The first-order chi connectivity index (χ1) is 9.28. The Kier molecular flexibility index (Phi) is 3.36. The molecule has 0 radical (unpaired) electrons. The second-order valence-corrected chi connectivity index (χ2v) is 5.34. The van der Waals surface area contributed by atoms with Crippen molar-refractivity contribution in [1.29, 1.82) is 0 Å². The first-order valence-electron chi connectivity index (χ1n) is 6.06. The summed E-state index contributed by atoms with van der Waals surface area (Å²) in [6.45, 7) is 0.795. The summed E-state index contributed by atoms with van der Waals surface area (Å²) in [6.07, 6.45) is 3.84. The van der Waals surface area contributed by atoms with Crippen LogP contribution in [0, 0.1) is 0 Å². The largest absolute Gasteiger partial charge is 0.392 e. The minimum absolute atomic E-state index is 0.0673. The maximum Gasteiger partial charge on any atom is 0.0688 e. The molecule has 1 aromatic carbocycles. The van der Waals surface area contributed by atoms with Crippen molar-refractivity contribution in [3.63, 3.8) is 0 Å². The number of hydrogen-bond donors (Lipinski definition) is 1. The van der Waals surface area contributed by atoms with E-state index in [0.29, 0.717) is 0 Å². The van der Waals surface area contributed by atoms with Crippen LogP contribution in [0.4, 0.5) is 0 Å². The van der Waals surface area contributed by atoms with Crippen LogP contribution in [0.1, 0.15) is 11.3 Å². The molecule has 0 unspecified atom stereocenters. The average molecular weight is 317 g/mol. The van der Waals surface area contributed by atoms with Gasteiger partial charge in [0.2, 0.25) is 0 Å². The zero-order valence-corrected chi connectivity index (χ0v) is 11.8. The average Bonchev–Trinajstić information content (AvgIpc) is 2.84. The number of aromatic nitrogens is 2. The molecule has 2 aromatic heterocycles. The third kappa shape index (κ3) is 2.41. The van der Waals surface area contributed by atoms with Gasteiger partial charge in [-0.05, 0) is 45.8 Å². The Bertz CT molecular complexity index is 704. The Morgan fingerprint density at radius 3 is 2.79 bits per heavy atom. The fourth-order valence-electron chi connectivity index (χ4n) is 2.24. The number of benzene rings is 1. The van der Waals surface area contributed by atoms with Crippen molar-refractivity contribution in [2.45, 2.75) is 13.2 Å². The lowest BCUT2D eigenvalue weighted by atomic mass is 10.1. The molecule has 0 aliphatic carbocycles. The van der Waals surface area contributed by atoms with Crippen LogP contribution in [-0.4, -0.2) is 14.7 Å². The molecular formula is C15H13BrN2O. The highest BCUT2D eigenvalue weighted by Gasteiger charge is 2.05. The zero-order valence-electron chi connectivity index (χ0n) is 10.3. The quantitative estimate of drug-likeness (QED) is 0.804. The molecule has 0 spiro atoms.